The van der Waals surface area contributed by atoms with Gasteiger partial charge in [-0.1, -0.05) is 6.07 Å². The minimum Gasteiger partial charge on any atom is -0.489 e. The van der Waals surface area contributed by atoms with Crippen LogP contribution in [0.15, 0.2) is 23.1 Å². The van der Waals surface area contributed by atoms with Gasteiger partial charge in [-0.15, -0.1) is 0 Å². The lowest BCUT2D eigenvalue weighted by Gasteiger charge is -2.70. The summed E-state index contributed by atoms with van der Waals surface area (Å²) < 4.78 is 79.3. The number of halogens is 3. The van der Waals surface area contributed by atoms with Crippen molar-refractivity contribution in [3.05, 3.63) is 23.8 Å². The Balaban J connectivity index is 1.36. The zero-order chi connectivity index (χ0) is 28.1. The first kappa shape index (κ1) is 29.1. The molecule has 0 radical (unpaired) electrons. The number of nitrogens with one attached hydrogen (secondary N) is 1. The maximum Gasteiger partial charge on any atom is 0.394 e. The molecule has 38 heavy (non-hydrogen) atoms. The van der Waals surface area contributed by atoms with Crippen LogP contribution in [0.4, 0.5) is 13.2 Å². The highest BCUT2D eigenvalue weighted by molar-refractivity contribution is 7.89. The molecule has 1 heterocycles. The predicted molar refractivity (Wildman–Crippen MR) is 136 cm³/mol. The summed E-state index contributed by atoms with van der Waals surface area (Å²) >= 11 is 0. The molecular weight excluding hydrogens is 521 g/mol. The number of hydrogen-bond donors (Lipinski definition) is 1. The molecule has 1 N–H and O–H groups in total. The highest BCUT2D eigenvalue weighted by Gasteiger charge is 2.78. The average Bonchev–Trinajstić information content (AvgIpc) is 3.20. The Labute approximate surface area is 223 Å². The normalized spacial score (nSPS) is 28.4. The van der Waals surface area contributed by atoms with Crippen LogP contribution in [-0.2, 0) is 19.6 Å². The summed E-state index contributed by atoms with van der Waals surface area (Å²) in [6, 6.07) is 4.01. The molecule has 1 aromatic rings. The van der Waals surface area contributed by atoms with Crippen molar-refractivity contribution in [3.63, 3.8) is 0 Å². The summed E-state index contributed by atoms with van der Waals surface area (Å²) in [6.07, 6.45) is -1.74. The molecule has 1 saturated heterocycles. The maximum absolute atomic E-state index is 13.7. The first-order valence-electron chi connectivity index (χ1n) is 13.3. The van der Waals surface area contributed by atoms with Gasteiger partial charge in [-0.2, -0.15) is 17.5 Å². The molecule has 0 aromatic heterocycles. The second-order valence-electron chi connectivity index (χ2n) is 12.3. The van der Waals surface area contributed by atoms with Gasteiger partial charge in [0.25, 0.3) is 0 Å². The van der Waals surface area contributed by atoms with E-state index in [0.717, 1.165) is 5.56 Å². The smallest absolute Gasteiger partial charge is 0.394 e. The van der Waals surface area contributed by atoms with E-state index >= 15 is 0 Å². The summed E-state index contributed by atoms with van der Waals surface area (Å²) in [5, 5.41) is 3.29. The van der Waals surface area contributed by atoms with Gasteiger partial charge in [0.1, 0.15) is 22.3 Å². The summed E-state index contributed by atoms with van der Waals surface area (Å²) in [4.78, 5) is 12.8. The number of ether oxygens (including phenoxy) is 2. The van der Waals surface area contributed by atoms with Gasteiger partial charge < -0.3 is 14.8 Å². The zero-order valence-corrected chi connectivity index (χ0v) is 23.6. The van der Waals surface area contributed by atoms with E-state index in [0.29, 0.717) is 32.2 Å². The molecule has 5 rings (SSSR count). The molecule has 7 nitrogen and oxygen atoms in total. The van der Waals surface area contributed by atoms with Crippen LogP contribution >= 0.6 is 0 Å². The van der Waals surface area contributed by atoms with Gasteiger partial charge in [-0.25, -0.2) is 8.42 Å². The predicted octanol–water partition coefficient (Wildman–Crippen LogP) is 5.11. The van der Waals surface area contributed by atoms with E-state index in [1.807, 2.05) is 13.8 Å². The quantitative estimate of drug-likeness (QED) is 0.316. The second kappa shape index (κ2) is 9.96. The zero-order valence-electron chi connectivity index (χ0n) is 22.8. The van der Waals surface area contributed by atoms with Crippen LogP contribution < -0.4 is 10.1 Å². The van der Waals surface area contributed by atoms with Crippen molar-refractivity contribution in [3.8, 4) is 5.75 Å². The number of alkyl halides is 3. The van der Waals surface area contributed by atoms with Crippen molar-refractivity contribution < 1.29 is 35.9 Å². The number of sulfonamides is 1. The fourth-order valence-corrected chi connectivity index (χ4v) is 7.72. The molecule has 3 saturated carbocycles. The van der Waals surface area contributed by atoms with Crippen LogP contribution in [0.3, 0.4) is 0 Å². The fourth-order valence-electron chi connectivity index (χ4n) is 5.97. The SMILES string of the molecule is Cc1ccc(S(=O)(=O)N2CCC[C@H]2C(=O)OC(C)(C)C)c(O[C@H](C)CCCNC23CC(C(F)(F)F)(C2)C3)c1. The summed E-state index contributed by atoms with van der Waals surface area (Å²) in [5.41, 5.74) is -1.74. The standard InChI is InChI=1S/C27H39F3N2O5S/c1-18-10-11-22(38(34,35)32-13-7-9-20(32)23(33)37-24(3,4)5)21(14-18)36-19(2)8-6-12-31-26-15-25(16-26,17-26)27(28,29)30/h10-11,14,19-20,31H,6-9,12-13,15-17H2,1-5H3/t19-,20+,25?,26?/m1/s1. The Morgan fingerprint density at radius 3 is 2.47 bits per heavy atom. The van der Waals surface area contributed by atoms with E-state index in [-0.39, 0.29) is 48.1 Å². The number of esters is 1. The number of carbonyl (C=O) groups excluding carboxylic acids is 1. The largest absolute Gasteiger partial charge is 0.489 e. The summed E-state index contributed by atoms with van der Waals surface area (Å²) in [6.45, 7) is 9.72. The summed E-state index contributed by atoms with van der Waals surface area (Å²) in [5.74, 6) is -0.328. The van der Waals surface area contributed by atoms with Gasteiger partial charge in [0.2, 0.25) is 10.0 Å². The molecule has 2 bridgehead atoms. The maximum atomic E-state index is 13.7. The van der Waals surface area contributed by atoms with E-state index in [9.17, 15) is 26.4 Å². The molecule has 214 valence electrons. The van der Waals surface area contributed by atoms with E-state index < -0.39 is 39.2 Å². The van der Waals surface area contributed by atoms with Gasteiger partial charge in [0.15, 0.2) is 0 Å². The molecule has 11 heteroatoms. The topological polar surface area (TPSA) is 84.9 Å². The van der Waals surface area contributed by atoms with Crippen LogP contribution in [0, 0.1) is 12.3 Å². The first-order chi connectivity index (χ1) is 17.5. The van der Waals surface area contributed by atoms with Gasteiger partial charge in [-0.05, 0) is 104 Å². The third-order valence-corrected chi connectivity index (χ3v) is 9.76. The monoisotopic (exact) mass is 560 g/mol. The molecule has 0 unspecified atom stereocenters. The Kier molecular flexibility index (Phi) is 7.64. The molecule has 1 aliphatic heterocycles. The van der Waals surface area contributed by atoms with Gasteiger partial charge in [-0.3, -0.25) is 4.79 Å². The molecule has 0 spiro atoms. The molecule has 4 fully saturated rings. The van der Waals surface area contributed by atoms with Crippen molar-refractivity contribution >= 4 is 16.0 Å². The first-order valence-corrected chi connectivity index (χ1v) is 14.7. The van der Waals surface area contributed by atoms with Crippen LogP contribution in [-0.4, -0.2) is 61.2 Å². The lowest BCUT2D eigenvalue weighted by atomic mass is 9.39. The van der Waals surface area contributed by atoms with Gasteiger partial charge in [0.05, 0.1) is 11.5 Å². The lowest BCUT2D eigenvalue weighted by molar-refractivity contribution is -0.339. The second-order valence-corrected chi connectivity index (χ2v) is 14.2. The van der Waals surface area contributed by atoms with Crippen molar-refractivity contribution in [2.45, 2.75) is 114 Å². The summed E-state index contributed by atoms with van der Waals surface area (Å²) in [7, 11) is -4.03. The van der Waals surface area contributed by atoms with Crippen LogP contribution in [0.2, 0.25) is 0 Å². The number of benzene rings is 1. The van der Waals surface area contributed by atoms with Crippen molar-refractivity contribution in [1.29, 1.82) is 0 Å². The van der Waals surface area contributed by atoms with Crippen LogP contribution in [0.25, 0.3) is 0 Å². The number of hydrogen-bond acceptors (Lipinski definition) is 6. The third kappa shape index (κ3) is 5.70. The molecular formula is C27H39F3N2O5S. The van der Waals surface area contributed by atoms with Crippen molar-refractivity contribution in [1.82, 2.24) is 9.62 Å². The molecule has 4 aliphatic rings. The van der Waals surface area contributed by atoms with Gasteiger partial charge >= 0.3 is 12.1 Å². The average molecular weight is 561 g/mol. The number of nitrogens with zero attached hydrogens (tertiary/aromatic N) is 1. The Hall–Kier alpha value is -1.85. The molecule has 1 aromatic carbocycles. The van der Waals surface area contributed by atoms with Crippen LogP contribution in [0.1, 0.15) is 78.2 Å². The highest BCUT2D eigenvalue weighted by Crippen LogP contribution is 2.73. The Morgan fingerprint density at radius 1 is 1.21 bits per heavy atom. The Morgan fingerprint density at radius 2 is 1.87 bits per heavy atom. The van der Waals surface area contributed by atoms with E-state index in [4.69, 9.17) is 9.47 Å². The van der Waals surface area contributed by atoms with Crippen molar-refractivity contribution in [2.75, 3.05) is 13.1 Å². The lowest BCUT2D eigenvalue weighted by Crippen LogP contribution is -2.78. The van der Waals surface area contributed by atoms with E-state index in [1.54, 1.807) is 32.9 Å². The van der Waals surface area contributed by atoms with Crippen molar-refractivity contribution in [2.24, 2.45) is 5.41 Å². The highest BCUT2D eigenvalue weighted by atomic mass is 32.2. The molecule has 0 amide bonds. The molecule has 3 aliphatic carbocycles. The molecule has 2 atom stereocenters. The third-order valence-electron chi connectivity index (χ3n) is 7.82. The number of rotatable bonds is 10. The van der Waals surface area contributed by atoms with E-state index in [1.165, 1.54) is 10.4 Å². The number of aryl methyl sites for hydroxylation is 1. The van der Waals surface area contributed by atoms with E-state index in [2.05, 4.69) is 5.32 Å². The Bertz CT molecular complexity index is 1140. The minimum absolute atomic E-state index is 0.00912. The number of carbonyl (C=O) groups is 1. The van der Waals surface area contributed by atoms with Crippen LogP contribution in [0.5, 0.6) is 5.75 Å². The van der Waals surface area contributed by atoms with Gasteiger partial charge in [0, 0.05) is 12.1 Å². The fraction of sp³-hybridized carbons (Fsp3) is 0.741. The minimum atomic E-state index is -4.12.